The van der Waals surface area contributed by atoms with E-state index in [0.717, 1.165) is 37.2 Å². The topological polar surface area (TPSA) is 71.0 Å². The Bertz CT molecular complexity index is 695. The number of carbonyl (C=O) groups is 1. The number of carbonyl (C=O) groups excluding carboxylic acids is 1. The zero-order valence-corrected chi connectivity index (χ0v) is 12.8. The lowest BCUT2D eigenvalue weighted by atomic mass is 10.3. The summed E-state index contributed by atoms with van der Waals surface area (Å²) in [7, 11) is 0. The molecule has 1 amide bonds. The van der Waals surface area contributed by atoms with Gasteiger partial charge in [-0.3, -0.25) is 4.79 Å². The third-order valence-electron chi connectivity index (χ3n) is 3.62. The van der Waals surface area contributed by atoms with E-state index in [1.54, 1.807) is 12.3 Å². The van der Waals surface area contributed by atoms with Crippen molar-refractivity contribution in [1.29, 1.82) is 0 Å². The summed E-state index contributed by atoms with van der Waals surface area (Å²) in [4.78, 5) is 27.5. The molecule has 0 atom stereocenters. The number of anilines is 2. The van der Waals surface area contributed by atoms with E-state index in [9.17, 15) is 4.79 Å². The van der Waals surface area contributed by atoms with Gasteiger partial charge in [0, 0.05) is 25.0 Å². The van der Waals surface area contributed by atoms with E-state index >= 15 is 0 Å². The molecule has 0 aliphatic carbocycles. The number of hydrogen-bond donors (Lipinski definition) is 1. The Kier molecular flexibility index (Phi) is 4.00. The molecule has 1 saturated heterocycles. The predicted octanol–water partition coefficient (Wildman–Crippen LogP) is 2.34. The van der Waals surface area contributed by atoms with E-state index in [4.69, 9.17) is 0 Å². The van der Waals surface area contributed by atoms with Crippen molar-refractivity contribution in [2.24, 2.45) is 0 Å². The Balaban J connectivity index is 1.82. The normalized spacial score (nSPS) is 14.2. The zero-order valence-electron chi connectivity index (χ0n) is 12.8. The molecular formula is C16H19N5O. The van der Waals surface area contributed by atoms with Gasteiger partial charge in [0.15, 0.2) is 0 Å². The van der Waals surface area contributed by atoms with E-state index < -0.39 is 0 Å². The van der Waals surface area contributed by atoms with Gasteiger partial charge in [0.25, 0.3) is 5.91 Å². The summed E-state index contributed by atoms with van der Waals surface area (Å²) in [5.41, 5.74) is 2.21. The van der Waals surface area contributed by atoms with Crippen molar-refractivity contribution in [3.63, 3.8) is 0 Å². The Morgan fingerprint density at radius 3 is 2.68 bits per heavy atom. The molecule has 1 N–H and O–H groups in total. The summed E-state index contributed by atoms with van der Waals surface area (Å²) >= 11 is 0. The standard InChI is InChI=1S/C16H19N5O/c1-11-5-6-17-14(9-11)20-15(22)13-10-12(2)18-16(19-13)21-7-3-4-8-21/h5-6,9-10H,3-4,7-8H2,1-2H3,(H,17,20,22). The van der Waals surface area contributed by atoms with Gasteiger partial charge < -0.3 is 10.2 Å². The van der Waals surface area contributed by atoms with Crippen LogP contribution in [-0.4, -0.2) is 33.9 Å². The molecule has 3 heterocycles. The summed E-state index contributed by atoms with van der Waals surface area (Å²) in [6.45, 7) is 5.73. The number of hydrogen-bond acceptors (Lipinski definition) is 5. The van der Waals surface area contributed by atoms with E-state index in [1.165, 1.54) is 0 Å². The molecule has 0 unspecified atom stereocenters. The van der Waals surface area contributed by atoms with Crippen molar-refractivity contribution in [2.45, 2.75) is 26.7 Å². The molecule has 0 bridgehead atoms. The fourth-order valence-corrected chi connectivity index (χ4v) is 2.51. The van der Waals surface area contributed by atoms with Crippen LogP contribution in [0.5, 0.6) is 0 Å². The van der Waals surface area contributed by atoms with Crippen LogP contribution in [0, 0.1) is 13.8 Å². The molecule has 6 nitrogen and oxygen atoms in total. The van der Waals surface area contributed by atoms with Crippen molar-refractivity contribution >= 4 is 17.7 Å². The number of amides is 1. The summed E-state index contributed by atoms with van der Waals surface area (Å²) in [5, 5.41) is 2.79. The Hall–Kier alpha value is -2.50. The monoisotopic (exact) mass is 297 g/mol. The van der Waals surface area contributed by atoms with Crippen molar-refractivity contribution < 1.29 is 4.79 Å². The smallest absolute Gasteiger partial charge is 0.275 e. The highest BCUT2D eigenvalue weighted by molar-refractivity contribution is 6.02. The molecule has 1 aliphatic heterocycles. The minimum Gasteiger partial charge on any atom is -0.341 e. The second-order valence-corrected chi connectivity index (χ2v) is 5.56. The van der Waals surface area contributed by atoms with E-state index in [1.807, 2.05) is 26.0 Å². The lowest BCUT2D eigenvalue weighted by Gasteiger charge is -2.16. The second-order valence-electron chi connectivity index (χ2n) is 5.56. The van der Waals surface area contributed by atoms with Crippen LogP contribution in [0.25, 0.3) is 0 Å². The molecule has 0 aromatic carbocycles. The number of aryl methyl sites for hydroxylation is 2. The van der Waals surface area contributed by atoms with Crippen molar-refractivity contribution in [3.05, 3.63) is 41.3 Å². The minimum absolute atomic E-state index is 0.260. The second kappa shape index (κ2) is 6.09. The number of aromatic nitrogens is 3. The third kappa shape index (κ3) is 3.21. The summed E-state index contributed by atoms with van der Waals surface area (Å²) < 4.78 is 0. The van der Waals surface area contributed by atoms with Gasteiger partial charge in [-0.15, -0.1) is 0 Å². The van der Waals surface area contributed by atoms with Crippen LogP contribution in [0.4, 0.5) is 11.8 Å². The average molecular weight is 297 g/mol. The van der Waals surface area contributed by atoms with Crippen LogP contribution < -0.4 is 10.2 Å². The first-order valence-corrected chi connectivity index (χ1v) is 7.46. The van der Waals surface area contributed by atoms with E-state index in [-0.39, 0.29) is 5.91 Å². The molecule has 6 heteroatoms. The molecule has 2 aromatic rings. The van der Waals surface area contributed by atoms with Crippen LogP contribution in [0.1, 0.15) is 34.6 Å². The Labute approximate surface area is 129 Å². The van der Waals surface area contributed by atoms with E-state index in [2.05, 4.69) is 25.2 Å². The van der Waals surface area contributed by atoms with Gasteiger partial charge in [0.1, 0.15) is 11.5 Å². The quantitative estimate of drug-likeness (QED) is 0.941. The first-order valence-electron chi connectivity index (χ1n) is 7.46. The maximum Gasteiger partial charge on any atom is 0.275 e. The highest BCUT2D eigenvalue weighted by atomic mass is 16.1. The molecule has 0 radical (unpaired) electrons. The van der Waals surface area contributed by atoms with Crippen LogP contribution in [0.3, 0.4) is 0 Å². The molecule has 114 valence electrons. The van der Waals surface area contributed by atoms with Gasteiger partial charge in [-0.05, 0) is 50.5 Å². The highest BCUT2D eigenvalue weighted by Crippen LogP contribution is 2.17. The van der Waals surface area contributed by atoms with Gasteiger partial charge in [0.05, 0.1) is 0 Å². The van der Waals surface area contributed by atoms with Gasteiger partial charge in [-0.1, -0.05) is 0 Å². The van der Waals surface area contributed by atoms with Gasteiger partial charge in [-0.25, -0.2) is 15.0 Å². The number of nitrogens with zero attached hydrogens (tertiary/aromatic N) is 4. The fraction of sp³-hybridized carbons (Fsp3) is 0.375. The summed E-state index contributed by atoms with van der Waals surface area (Å²) in [6, 6.07) is 5.41. The predicted molar refractivity (Wildman–Crippen MR) is 85.1 cm³/mol. The lowest BCUT2D eigenvalue weighted by Crippen LogP contribution is -2.23. The lowest BCUT2D eigenvalue weighted by molar-refractivity contribution is 0.102. The van der Waals surface area contributed by atoms with Crippen molar-refractivity contribution in [2.75, 3.05) is 23.3 Å². The van der Waals surface area contributed by atoms with Crippen LogP contribution in [-0.2, 0) is 0 Å². The number of nitrogens with one attached hydrogen (secondary N) is 1. The summed E-state index contributed by atoms with van der Waals surface area (Å²) in [5.74, 6) is 0.910. The molecule has 1 aliphatic rings. The molecule has 2 aromatic heterocycles. The van der Waals surface area contributed by atoms with Crippen LogP contribution >= 0.6 is 0 Å². The molecule has 0 saturated carbocycles. The van der Waals surface area contributed by atoms with Gasteiger partial charge >= 0.3 is 0 Å². The van der Waals surface area contributed by atoms with Gasteiger partial charge in [0.2, 0.25) is 5.95 Å². The van der Waals surface area contributed by atoms with Gasteiger partial charge in [-0.2, -0.15) is 0 Å². The molecule has 22 heavy (non-hydrogen) atoms. The SMILES string of the molecule is Cc1ccnc(NC(=O)c2cc(C)nc(N3CCCC3)n2)c1. The molecule has 1 fully saturated rings. The Morgan fingerprint density at radius 2 is 1.95 bits per heavy atom. The number of pyridine rings is 1. The maximum absolute atomic E-state index is 12.4. The zero-order chi connectivity index (χ0) is 15.5. The maximum atomic E-state index is 12.4. The largest absolute Gasteiger partial charge is 0.341 e. The Morgan fingerprint density at radius 1 is 1.18 bits per heavy atom. The fourth-order valence-electron chi connectivity index (χ4n) is 2.51. The molecule has 0 spiro atoms. The first kappa shape index (κ1) is 14.4. The van der Waals surface area contributed by atoms with E-state index in [0.29, 0.717) is 17.5 Å². The third-order valence-corrected chi connectivity index (χ3v) is 3.62. The van der Waals surface area contributed by atoms with Crippen molar-refractivity contribution in [3.8, 4) is 0 Å². The van der Waals surface area contributed by atoms with Crippen LogP contribution in [0.2, 0.25) is 0 Å². The molecular weight excluding hydrogens is 278 g/mol. The summed E-state index contributed by atoms with van der Waals surface area (Å²) in [6.07, 6.45) is 3.96. The molecule has 3 rings (SSSR count). The highest BCUT2D eigenvalue weighted by Gasteiger charge is 2.18. The van der Waals surface area contributed by atoms with Crippen molar-refractivity contribution in [1.82, 2.24) is 15.0 Å². The average Bonchev–Trinajstić information content (AvgIpc) is 3.01. The number of rotatable bonds is 3. The van der Waals surface area contributed by atoms with Crippen LogP contribution in [0.15, 0.2) is 24.4 Å². The first-order chi connectivity index (χ1) is 10.6. The minimum atomic E-state index is -0.260.